The Morgan fingerprint density at radius 2 is 1.90 bits per heavy atom. The van der Waals surface area contributed by atoms with Gasteiger partial charge in [0.2, 0.25) is 5.91 Å². The lowest BCUT2D eigenvalue weighted by atomic mass is 10.1. The SMILES string of the molecule is Cc1nn(C)c(C)c1CNC(=O)CCn1c(=O)cc(C(F)(F)F)c2cn(C)nc21. The van der Waals surface area contributed by atoms with Crippen molar-refractivity contribution >= 4 is 16.9 Å². The molecule has 0 saturated heterocycles. The van der Waals surface area contributed by atoms with E-state index >= 15 is 0 Å². The van der Waals surface area contributed by atoms with E-state index in [9.17, 15) is 22.8 Å². The van der Waals surface area contributed by atoms with E-state index in [2.05, 4.69) is 15.5 Å². The molecule has 3 heterocycles. The molecule has 11 heteroatoms. The van der Waals surface area contributed by atoms with Crippen LogP contribution in [-0.4, -0.2) is 30.0 Å². The molecule has 1 N–H and O–H groups in total. The summed E-state index contributed by atoms with van der Waals surface area (Å²) in [6.07, 6.45) is -3.53. The number of nitrogens with zero attached hydrogens (tertiary/aromatic N) is 5. The highest BCUT2D eigenvalue weighted by Gasteiger charge is 2.34. The number of hydrogen-bond acceptors (Lipinski definition) is 4. The van der Waals surface area contributed by atoms with Crippen molar-refractivity contribution < 1.29 is 18.0 Å². The maximum absolute atomic E-state index is 13.2. The van der Waals surface area contributed by atoms with Crippen LogP contribution < -0.4 is 10.9 Å². The summed E-state index contributed by atoms with van der Waals surface area (Å²) in [5.74, 6) is -0.330. The van der Waals surface area contributed by atoms with E-state index in [0.717, 1.165) is 21.5 Å². The molecule has 0 atom stereocenters. The standard InChI is InChI=1S/C18H21F3N6O2/c1-10-12(11(2)26(4)23-10)8-22-15(28)5-6-27-16(29)7-14(18(19,20)21)13-9-25(3)24-17(13)27/h7,9H,5-6,8H2,1-4H3,(H,22,28). The minimum Gasteiger partial charge on any atom is -0.352 e. The average Bonchev–Trinajstić information content (AvgIpc) is 3.10. The second kappa shape index (κ2) is 7.37. The first-order valence-corrected chi connectivity index (χ1v) is 8.89. The Balaban J connectivity index is 1.78. The molecule has 0 unspecified atom stereocenters. The average molecular weight is 410 g/mol. The van der Waals surface area contributed by atoms with Crippen LogP contribution in [0.5, 0.6) is 0 Å². The lowest BCUT2D eigenvalue weighted by Crippen LogP contribution is -2.28. The number of halogens is 3. The monoisotopic (exact) mass is 410 g/mol. The van der Waals surface area contributed by atoms with E-state index in [1.165, 1.54) is 17.9 Å². The van der Waals surface area contributed by atoms with Crippen LogP contribution in [0.25, 0.3) is 11.0 Å². The number of hydrogen-bond donors (Lipinski definition) is 1. The fraction of sp³-hybridized carbons (Fsp3) is 0.444. The van der Waals surface area contributed by atoms with Gasteiger partial charge in [0.1, 0.15) is 0 Å². The van der Waals surface area contributed by atoms with Crippen molar-refractivity contribution in [2.24, 2.45) is 14.1 Å². The van der Waals surface area contributed by atoms with Crippen LogP contribution in [-0.2, 0) is 38.2 Å². The molecular weight excluding hydrogens is 389 g/mol. The lowest BCUT2D eigenvalue weighted by molar-refractivity contribution is -0.136. The summed E-state index contributed by atoms with van der Waals surface area (Å²) in [5, 5.41) is 10.8. The van der Waals surface area contributed by atoms with E-state index in [0.29, 0.717) is 6.07 Å². The van der Waals surface area contributed by atoms with Gasteiger partial charge in [-0.3, -0.25) is 23.5 Å². The van der Waals surface area contributed by atoms with Crippen molar-refractivity contribution in [2.45, 2.75) is 39.5 Å². The molecule has 1 amide bonds. The molecule has 0 fully saturated rings. The first kappa shape index (κ1) is 20.6. The first-order valence-electron chi connectivity index (χ1n) is 8.89. The third-order valence-electron chi connectivity index (χ3n) is 4.88. The van der Waals surface area contributed by atoms with Crippen LogP contribution in [0.3, 0.4) is 0 Å². The summed E-state index contributed by atoms with van der Waals surface area (Å²) >= 11 is 0. The van der Waals surface area contributed by atoms with Gasteiger partial charge in [0.15, 0.2) is 5.65 Å². The molecule has 0 aliphatic rings. The Morgan fingerprint density at radius 3 is 2.48 bits per heavy atom. The molecule has 8 nitrogen and oxygen atoms in total. The van der Waals surface area contributed by atoms with Crippen molar-refractivity contribution in [3.63, 3.8) is 0 Å². The number of carbonyl (C=O) groups excluding carboxylic acids is 1. The number of nitrogens with one attached hydrogen (secondary N) is 1. The second-order valence-electron chi connectivity index (χ2n) is 6.89. The zero-order chi connectivity index (χ0) is 21.5. The van der Waals surface area contributed by atoms with Gasteiger partial charge in [0.25, 0.3) is 5.56 Å². The van der Waals surface area contributed by atoms with Crippen molar-refractivity contribution in [1.29, 1.82) is 0 Å². The highest BCUT2D eigenvalue weighted by atomic mass is 19.4. The van der Waals surface area contributed by atoms with Crippen LogP contribution in [0.4, 0.5) is 13.2 Å². The molecule has 0 aliphatic heterocycles. The molecule has 0 bridgehead atoms. The minimum atomic E-state index is -4.67. The van der Waals surface area contributed by atoms with Crippen LogP contribution in [0.2, 0.25) is 0 Å². The van der Waals surface area contributed by atoms with E-state index < -0.39 is 17.3 Å². The Morgan fingerprint density at radius 1 is 1.21 bits per heavy atom. The number of fused-ring (bicyclic) bond motifs is 1. The van der Waals surface area contributed by atoms with Gasteiger partial charge >= 0.3 is 6.18 Å². The summed E-state index contributed by atoms with van der Waals surface area (Å²) in [6.45, 7) is 3.93. The topological polar surface area (TPSA) is 86.7 Å². The normalized spacial score (nSPS) is 12.0. The quantitative estimate of drug-likeness (QED) is 0.695. The molecule has 0 radical (unpaired) electrons. The number of alkyl halides is 3. The predicted molar refractivity (Wildman–Crippen MR) is 99.1 cm³/mol. The zero-order valence-electron chi connectivity index (χ0n) is 16.5. The van der Waals surface area contributed by atoms with Crippen LogP contribution >= 0.6 is 0 Å². The summed E-state index contributed by atoms with van der Waals surface area (Å²) in [5.41, 5.74) is 0.652. The van der Waals surface area contributed by atoms with Crippen molar-refractivity contribution in [1.82, 2.24) is 29.4 Å². The third-order valence-corrected chi connectivity index (χ3v) is 4.88. The van der Waals surface area contributed by atoms with Crippen LogP contribution in [0.15, 0.2) is 17.1 Å². The highest BCUT2D eigenvalue weighted by molar-refractivity contribution is 5.80. The maximum atomic E-state index is 13.2. The number of amides is 1. The summed E-state index contributed by atoms with van der Waals surface area (Å²) in [7, 11) is 3.28. The molecule has 29 heavy (non-hydrogen) atoms. The number of aryl methyl sites for hydroxylation is 4. The lowest BCUT2D eigenvalue weighted by Gasteiger charge is -2.12. The van der Waals surface area contributed by atoms with Crippen molar-refractivity contribution in [3.05, 3.63) is 45.1 Å². The Hall–Kier alpha value is -3.11. The predicted octanol–water partition coefficient (Wildman–Crippen LogP) is 1.81. The van der Waals surface area contributed by atoms with Crippen LogP contribution in [0.1, 0.15) is 28.9 Å². The molecule has 0 saturated carbocycles. The second-order valence-corrected chi connectivity index (χ2v) is 6.89. The highest BCUT2D eigenvalue weighted by Crippen LogP contribution is 2.33. The summed E-state index contributed by atoms with van der Waals surface area (Å²) in [6, 6.07) is 0.546. The van der Waals surface area contributed by atoms with E-state index in [1.807, 2.05) is 20.9 Å². The molecule has 3 rings (SSSR count). The molecular formula is C18H21F3N6O2. The molecule has 156 valence electrons. The fourth-order valence-corrected chi connectivity index (χ4v) is 3.26. The first-order chi connectivity index (χ1) is 13.5. The number of aromatic nitrogens is 5. The minimum absolute atomic E-state index is 0.0741. The van der Waals surface area contributed by atoms with E-state index in [4.69, 9.17) is 0 Å². The molecule has 0 aromatic carbocycles. The summed E-state index contributed by atoms with van der Waals surface area (Å²) < 4.78 is 43.7. The van der Waals surface area contributed by atoms with E-state index in [-0.39, 0.29) is 36.5 Å². The van der Waals surface area contributed by atoms with Gasteiger partial charge in [-0.2, -0.15) is 23.4 Å². The molecule has 3 aromatic rings. The number of rotatable bonds is 5. The van der Waals surface area contributed by atoms with Crippen molar-refractivity contribution in [3.8, 4) is 0 Å². The Kier molecular flexibility index (Phi) is 5.24. The Labute approximate surface area is 163 Å². The van der Waals surface area contributed by atoms with Gasteiger partial charge in [-0.25, -0.2) is 0 Å². The smallest absolute Gasteiger partial charge is 0.352 e. The van der Waals surface area contributed by atoms with Crippen molar-refractivity contribution in [2.75, 3.05) is 0 Å². The largest absolute Gasteiger partial charge is 0.417 e. The van der Waals surface area contributed by atoms with Gasteiger partial charge in [-0.1, -0.05) is 0 Å². The van der Waals surface area contributed by atoms with Gasteiger partial charge < -0.3 is 5.32 Å². The summed E-state index contributed by atoms with van der Waals surface area (Å²) in [4.78, 5) is 24.5. The number of pyridine rings is 1. The molecule has 0 spiro atoms. The van der Waals surface area contributed by atoms with E-state index in [1.54, 1.807) is 4.68 Å². The fourth-order valence-electron chi connectivity index (χ4n) is 3.26. The number of carbonyl (C=O) groups is 1. The molecule has 3 aromatic heterocycles. The third kappa shape index (κ3) is 4.03. The van der Waals surface area contributed by atoms with Gasteiger partial charge in [0, 0.05) is 62.5 Å². The zero-order valence-corrected chi connectivity index (χ0v) is 16.5. The van der Waals surface area contributed by atoms with Gasteiger partial charge in [0.05, 0.1) is 11.3 Å². The van der Waals surface area contributed by atoms with Gasteiger partial charge in [-0.05, 0) is 13.8 Å². The Bertz CT molecular complexity index is 1140. The maximum Gasteiger partial charge on any atom is 0.417 e. The van der Waals surface area contributed by atoms with Gasteiger partial charge in [-0.15, -0.1) is 0 Å². The molecule has 0 aliphatic carbocycles. The van der Waals surface area contributed by atoms with Crippen LogP contribution in [0, 0.1) is 13.8 Å².